The highest BCUT2D eigenvalue weighted by atomic mass is 16.5. The molecule has 30 heavy (non-hydrogen) atoms. The predicted molar refractivity (Wildman–Crippen MR) is 114 cm³/mol. The molecule has 2 N–H and O–H groups in total. The van der Waals surface area contributed by atoms with Crippen LogP contribution in [-0.2, 0) is 20.9 Å². The van der Waals surface area contributed by atoms with E-state index in [0.29, 0.717) is 5.69 Å². The van der Waals surface area contributed by atoms with Crippen LogP contribution in [0.15, 0.2) is 52.1 Å². The van der Waals surface area contributed by atoms with Crippen LogP contribution in [0.5, 0.6) is 0 Å². The Morgan fingerprint density at radius 2 is 1.77 bits per heavy atom. The quantitative estimate of drug-likeness (QED) is 0.607. The zero-order valence-electron chi connectivity index (χ0n) is 17.0. The monoisotopic (exact) mass is 409 g/mol. The van der Waals surface area contributed by atoms with Gasteiger partial charge in [-0.1, -0.05) is 44.2 Å². The second-order valence-electron chi connectivity index (χ2n) is 7.28. The number of hydrogen-bond donors (Lipinski definition) is 2. The van der Waals surface area contributed by atoms with Gasteiger partial charge in [0.15, 0.2) is 6.61 Å². The Hall–Kier alpha value is -3.68. The smallest absolute Gasteiger partial charge is 0.328 e. The zero-order chi connectivity index (χ0) is 21.8. The lowest BCUT2D eigenvalue weighted by Crippen LogP contribution is -2.33. The Bertz CT molecular complexity index is 1220. The van der Waals surface area contributed by atoms with Gasteiger partial charge in [-0.25, -0.2) is 4.68 Å². The summed E-state index contributed by atoms with van der Waals surface area (Å²) in [5, 5.41) is 5.58. The predicted octanol–water partition coefficient (Wildman–Crippen LogP) is 2.30. The maximum atomic E-state index is 12.4. The number of aromatic nitrogens is 2. The molecule has 0 fully saturated rings. The molecule has 0 aliphatic heterocycles. The summed E-state index contributed by atoms with van der Waals surface area (Å²) in [6.07, 6.45) is 0. The molecular formula is C22H23N3O5. The van der Waals surface area contributed by atoms with Crippen LogP contribution in [0, 0.1) is 6.92 Å². The van der Waals surface area contributed by atoms with E-state index in [9.17, 15) is 19.2 Å². The van der Waals surface area contributed by atoms with Gasteiger partial charge in [-0.2, -0.15) is 0 Å². The van der Waals surface area contributed by atoms with E-state index in [-0.39, 0.29) is 16.7 Å². The molecule has 2 aromatic carbocycles. The number of para-hydroxylation sites is 1. The molecule has 0 aliphatic rings. The SMILES string of the molecule is Cc1cccc(C(C)C)c1NC(=O)COC(=O)Cn1[nH]c(=O)c2ccccc2c1=O. The number of carbonyl (C=O) groups excluding carboxylic acids is 2. The summed E-state index contributed by atoms with van der Waals surface area (Å²) in [7, 11) is 0. The summed E-state index contributed by atoms with van der Waals surface area (Å²) >= 11 is 0. The van der Waals surface area contributed by atoms with Gasteiger partial charge in [0.2, 0.25) is 0 Å². The number of nitrogens with zero attached hydrogens (tertiary/aromatic N) is 1. The first-order chi connectivity index (χ1) is 14.3. The Morgan fingerprint density at radius 3 is 2.47 bits per heavy atom. The van der Waals surface area contributed by atoms with Crippen LogP contribution in [0.3, 0.4) is 0 Å². The fraction of sp³-hybridized carbons (Fsp3) is 0.273. The highest BCUT2D eigenvalue weighted by Gasteiger charge is 2.15. The van der Waals surface area contributed by atoms with Crippen LogP contribution in [0.4, 0.5) is 5.69 Å². The molecule has 0 bridgehead atoms. The van der Waals surface area contributed by atoms with Crippen molar-refractivity contribution in [1.29, 1.82) is 0 Å². The second-order valence-corrected chi connectivity index (χ2v) is 7.28. The Balaban J connectivity index is 1.67. The van der Waals surface area contributed by atoms with E-state index >= 15 is 0 Å². The molecular weight excluding hydrogens is 386 g/mol. The van der Waals surface area contributed by atoms with Crippen molar-refractivity contribution in [2.24, 2.45) is 0 Å². The van der Waals surface area contributed by atoms with Gasteiger partial charge >= 0.3 is 5.97 Å². The number of aryl methyl sites for hydroxylation is 1. The number of fused-ring (bicyclic) bond motifs is 1. The van der Waals surface area contributed by atoms with Gasteiger partial charge < -0.3 is 10.1 Å². The van der Waals surface area contributed by atoms with Crippen molar-refractivity contribution in [3.8, 4) is 0 Å². The van der Waals surface area contributed by atoms with Gasteiger partial charge in [0.25, 0.3) is 17.0 Å². The van der Waals surface area contributed by atoms with Crippen molar-refractivity contribution in [3.05, 3.63) is 74.3 Å². The van der Waals surface area contributed by atoms with E-state index < -0.39 is 36.1 Å². The molecule has 1 heterocycles. The number of amides is 1. The lowest BCUT2D eigenvalue weighted by molar-refractivity contribution is -0.148. The highest BCUT2D eigenvalue weighted by molar-refractivity contribution is 5.94. The molecule has 156 valence electrons. The van der Waals surface area contributed by atoms with Crippen LogP contribution < -0.4 is 16.4 Å². The van der Waals surface area contributed by atoms with Gasteiger partial charge in [-0.15, -0.1) is 0 Å². The first-order valence-corrected chi connectivity index (χ1v) is 9.54. The third-order valence-electron chi connectivity index (χ3n) is 4.73. The van der Waals surface area contributed by atoms with Gasteiger partial charge in [0.1, 0.15) is 6.54 Å². The van der Waals surface area contributed by atoms with Crippen molar-refractivity contribution >= 4 is 28.3 Å². The number of carbonyl (C=O) groups is 2. The summed E-state index contributed by atoms with van der Waals surface area (Å²) in [4.78, 5) is 48.9. The Kier molecular flexibility index (Phi) is 6.15. The minimum atomic E-state index is -0.813. The van der Waals surface area contributed by atoms with Crippen LogP contribution in [0.1, 0.15) is 30.9 Å². The minimum absolute atomic E-state index is 0.201. The number of nitrogens with one attached hydrogen (secondary N) is 2. The Labute approximate surface area is 172 Å². The Morgan fingerprint density at radius 1 is 1.07 bits per heavy atom. The lowest BCUT2D eigenvalue weighted by atomic mass is 9.98. The van der Waals surface area contributed by atoms with E-state index in [0.717, 1.165) is 15.8 Å². The molecule has 1 amide bonds. The molecule has 1 aromatic heterocycles. The molecule has 3 rings (SSSR count). The molecule has 0 saturated heterocycles. The van der Waals surface area contributed by atoms with Gasteiger partial charge in [0, 0.05) is 5.69 Å². The van der Waals surface area contributed by atoms with E-state index in [1.807, 2.05) is 39.0 Å². The van der Waals surface area contributed by atoms with Crippen molar-refractivity contribution < 1.29 is 14.3 Å². The van der Waals surface area contributed by atoms with Crippen molar-refractivity contribution in [2.75, 3.05) is 11.9 Å². The number of esters is 1. The van der Waals surface area contributed by atoms with Crippen LogP contribution in [-0.4, -0.2) is 28.3 Å². The van der Waals surface area contributed by atoms with Crippen molar-refractivity contribution in [3.63, 3.8) is 0 Å². The van der Waals surface area contributed by atoms with Crippen molar-refractivity contribution in [1.82, 2.24) is 9.78 Å². The number of hydrogen-bond acceptors (Lipinski definition) is 5. The average molecular weight is 409 g/mol. The van der Waals surface area contributed by atoms with E-state index in [2.05, 4.69) is 10.4 Å². The zero-order valence-corrected chi connectivity index (χ0v) is 17.0. The van der Waals surface area contributed by atoms with Gasteiger partial charge in [-0.3, -0.25) is 24.3 Å². The first-order valence-electron chi connectivity index (χ1n) is 9.54. The number of anilines is 1. The first kappa shape index (κ1) is 21.0. The molecule has 0 radical (unpaired) electrons. The summed E-state index contributed by atoms with van der Waals surface area (Å²) < 4.78 is 5.87. The fourth-order valence-electron chi connectivity index (χ4n) is 3.20. The van der Waals surface area contributed by atoms with Gasteiger partial charge in [0.05, 0.1) is 10.8 Å². The van der Waals surface area contributed by atoms with E-state index in [1.165, 1.54) is 12.1 Å². The molecule has 8 heteroatoms. The largest absolute Gasteiger partial charge is 0.454 e. The maximum Gasteiger partial charge on any atom is 0.328 e. The molecule has 0 spiro atoms. The summed E-state index contributed by atoms with van der Waals surface area (Å²) in [6.45, 7) is 4.92. The summed E-state index contributed by atoms with van der Waals surface area (Å²) in [5.41, 5.74) is 1.57. The lowest BCUT2D eigenvalue weighted by Gasteiger charge is -2.16. The van der Waals surface area contributed by atoms with Crippen LogP contribution >= 0.6 is 0 Å². The van der Waals surface area contributed by atoms with Gasteiger partial charge in [-0.05, 0) is 36.1 Å². The number of aromatic amines is 1. The molecule has 0 unspecified atom stereocenters. The number of rotatable bonds is 6. The maximum absolute atomic E-state index is 12.4. The topological polar surface area (TPSA) is 110 Å². The third kappa shape index (κ3) is 4.48. The minimum Gasteiger partial charge on any atom is -0.454 e. The normalized spacial score (nSPS) is 10.9. The molecule has 0 atom stereocenters. The summed E-state index contributed by atoms with van der Waals surface area (Å²) in [6, 6.07) is 12.1. The summed E-state index contributed by atoms with van der Waals surface area (Å²) in [5.74, 6) is -1.09. The third-order valence-corrected chi connectivity index (χ3v) is 4.73. The standard InChI is InChI=1S/C22H23N3O5/c1-13(2)15-10-6-7-14(3)20(15)23-18(26)12-30-19(27)11-25-22(29)17-9-5-4-8-16(17)21(28)24-25/h4-10,13H,11-12H2,1-3H3,(H,23,26)(H,24,28). The average Bonchev–Trinajstić information content (AvgIpc) is 2.71. The van der Waals surface area contributed by atoms with E-state index in [1.54, 1.807) is 12.1 Å². The second kappa shape index (κ2) is 8.77. The number of H-pyrrole nitrogens is 1. The van der Waals surface area contributed by atoms with Crippen molar-refractivity contribution in [2.45, 2.75) is 33.2 Å². The number of ether oxygens (including phenoxy) is 1. The molecule has 0 saturated carbocycles. The molecule has 8 nitrogen and oxygen atoms in total. The van der Waals surface area contributed by atoms with E-state index in [4.69, 9.17) is 4.74 Å². The molecule has 3 aromatic rings. The fourth-order valence-corrected chi connectivity index (χ4v) is 3.20. The molecule has 0 aliphatic carbocycles. The highest BCUT2D eigenvalue weighted by Crippen LogP contribution is 2.27. The number of benzene rings is 2. The van der Waals surface area contributed by atoms with Crippen LogP contribution in [0.2, 0.25) is 0 Å². The van der Waals surface area contributed by atoms with Crippen LogP contribution in [0.25, 0.3) is 10.8 Å².